The highest BCUT2D eigenvalue weighted by Crippen LogP contribution is 2.07. The molecule has 0 saturated heterocycles. The van der Waals surface area contributed by atoms with Gasteiger partial charge in [-0.15, -0.1) is 0 Å². The quantitative estimate of drug-likeness (QED) is 0.504. The Labute approximate surface area is 62.5 Å². The van der Waals surface area contributed by atoms with E-state index in [0.717, 1.165) is 6.42 Å². The molecule has 0 spiro atoms. The molecule has 0 aromatic rings. The zero-order valence-corrected chi connectivity index (χ0v) is 7.00. The van der Waals surface area contributed by atoms with Crippen molar-refractivity contribution in [2.75, 3.05) is 0 Å². The molecule has 0 rings (SSSR count). The molecule has 0 amide bonds. The molecular formula is C5H8BrClO. The van der Waals surface area contributed by atoms with Crippen LogP contribution in [0.15, 0.2) is 0 Å². The van der Waals surface area contributed by atoms with E-state index in [1.54, 1.807) is 0 Å². The number of carbonyl (C=O) groups excluding carboxylic acids is 1. The van der Waals surface area contributed by atoms with Crippen LogP contribution in [0.3, 0.4) is 0 Å². The Bertz CT molecular complexity index is 82.5. The van der Waals surface area contributed by atoms with Crippen molar-refractivity contribution in [2.45, 2.75) is 24.6 Å². The average Bonchev–Trinajstić information content (AvgIpc) is 1.61. The molecule has 0 aromatic carbocycles. The number of hydrogen-bond acceptors (Lipinski definition) is 1. The van der Waals surface area contributed by atoms with E-state index in [0.29, 0.717) is 11.2 Å². The maximum absolute atomic E-state index is 10.1. The lowest BCUT2D eigenvalue weighted by Gasteiger charge is -1.95. The molecule has 3 heteroatoms. The minimum Gasteiger partial charge on any atom is -0.281 e. The summed E-state index contributed by atoms with van der Waals surface area (Å²) in [6.45, 7) is 1.99. The minimum absolute atomic E-state index is 0.253. The van der Waals surface area contributed by atoms with Gasteiger partial charge in [-0.05, 0) is 18.0 Å². The first-order valence-electron chi connectivity index (χ1n) is 2.45. The van der Waals surface area contributed by atoms with Gasteiger partial charge in [0.05, 0.1) is 0 Å². The second-order valence-corrected chi connectivity index (χ2v) is 3.66. The topological polar surface area (TPSA) is 17.1 Å². The summed E-state index contributed by atoms with van der Waals surface area (Å²) in [6.07, 6.45) is 1.29. The second kappa shape index (κ2) is 4.33. The van der Waals surface area contributed by atoms with Gasteiger partial charge in [-0.1, -0.05) is 22.9 Å². The van der Waals surface area contributed by atoms with Crippen molar-refractivity contribution < 1.29 is 4.79 Å². The predicted molar refractivity (Wildman–Crippen MR) is 38.5 cm³/mol. The average molecular weight is 199 g/mol. The van der Waals surface area contributed by atoms with Crippen molar-refractivity contribution in [2.24, 2.45) is 0 Å². The first-order chi connectivity index (χ1) is 3.63. The van der Waals surface area contributed by atoms with Crippen molar-refractivity contribution >= 4 is 32.8 Å². The summed E-state index contributed by atoms with van der Waals surface area (Å²) in [5.74, 6) is 0. The highest BCUT2D eigenvalue weighted by Gasteiger charge is 1.98. The largest absolute Gasteiger partial charge is 0.281 e. The van der Waals surface area contributed by atoms with Crippen molar-refractivity contribution in [1.29, 1.82) is 0 Å². The minimum atomic E-state index is -0.253. The molecular weight excluding hydrogens is 191 g/mol. The van der Waals surface area contributed by atoms with Gasteiger partial charge in [0.2, 0.25) is 5.24 Å². The van der Waals surface area contributed by atoms with E-state index in [4.69, 9.17) is 11.6 Å². The number of hydrogen-bond donors (Lipinski definition) is 0. The van der Waals surface area contributed by atoms with Gasteiger partial charge in [0.1, 0.15) is 0 Å². The molecule has 0 fully saturated rings. The van der Waals surface area contributed by atoms with Crippen molar-refractivity contribution in [3.05, 3.63) is 0 Å². The van der Waals surface area contributed by atoms with Crippen LogP contribution in [-0.4, -0.2) is 10.1 Å². The molecule has 1 nitrogen and oxygen atoms in total. The molecule has 0 aliphatic rings. The van der Waals surface area contributed by atoms with E-state index in [-0.39, 0.29) is 5.24 Å². The highest BCUT2D eigenvalue weighted by atomic mass is 79.9. The van der Waals surface area contributed by atoms with Crippen LogP contribution in [0.1, 0.15) is 19.8 Å². The second-order valence-electron chi connectivity index (χ2n) is 1.67. The molecule has 0 aromatic heterocycles. The Morgan fingerprint density at radius 3 is 2.50 bits per heavy atom. The molecule has 0 aliphatic heterocycles. The monoisotopic (exact) mass is 198 g/mol. The van der Waals surface area contributed by atoms with Crippen LogP contribution in [0.4, 0.5) is 0 Å². The molecule has 8 heavy (non-hydrogen) atoms. The zero-order valence-electron chi connectivity index (χ0n) is 4.66. The van der Waals surface area contributed by atoms with E-state index >= 15 is 0 Å². The molecule has 0 bridgehead atoms. The van der Waals surface area contributed by atoms with Gasteiger partial charge < -0.3 is 0 Å². The molecule has 0 radical (unpaired) electrons. The van der Waals surface area contributed by atoms with Crippen molar-refractivity contribution in [3.8, 4) is 0 Å². The van der Waals surface area contributed by atoms with Crippen LogP contribution in [0.25, 0.3) is 0 Å². The van der Waals surface area contributed by atoms with Crippen LogP contribution < -0.4 is 0 Å². The highest BCUT2D eigenvalue weighted by molar-refractivity contribution is 9.09. The number of rotatable bonds is 3. The van der Waals surface area contributed by atoms with E-state index in [1.807, 2.05) is 6.92 Å². The van der Waals surface area contributed by atoms with Gasteiger partial charge in [0.25, 0.3) is 0 Å². The number of carbonyl (C=O) groups is 1. The van der Waals surface area contributed by atoms with Crippen molar-refractivity contribution in [1.82, 2.24) is 0 Å². The summed E-state index contributed by atoms with van der Waals surface area (Å²) in [7, 11) is 0. The summed E-state index contributed by atoms with van der Waals surface area (Å²) in [6, 6.07) is 0. The van der Waals surface area contributed by atoms with E-state index in [9.17, 15) is 4.79 Å². The van der Waals surface area contributed by atoms with Gasteiger partial charge in [0, 0.05) is 11.2 Å². The van der Waals surface area contributed by atoms with E-state index in [2.05, 4.69) is 15.9 Å². The molecule has 0 heterocycles. The number of alkyl halides is 1. The summed E-state index contributed by atoms with van der Waals surface area (Å²) >= 11 is 8.35. The lowest BCUT2D eigenvalue weighted by Crippen LogP contribution is -1.93. The summed E-state index contributed by atoms with van der Waals surface area (Å²) in [5, 5.41) is -0.253. The maximum atomic E-state index is 10.1. The van der Waals surface area contributed by atoms with Crippen molar-refractivity contribution in [3.63, 3.8) is 0 Å². The Balaban J connectivity index is 3.05. The van der Waals surface area contributed by atoms with E-state index in [1.165, 1.54) is 0 Å². The Morgan fingerprint density at radius 1 is 1.88 bits per heavy atom. The SMILES string of the molecule is CC(Br)CCC(=O)Cl. The van der Waals surface area contributed by atoms with Crippen LogP contribution >= 0.6 is 27.5 Å². The lowest BCUT2D eigenvalue weighted by atomic mass is 10.3. The Kier molecular flexibility index (Phi) is 4.57. The van der Waals surface area contributed by atoms with Crippen LogP contribution in [0.5, 0.6) is 0 Å². The predicted octanol–water partition coefficient (Wildman–Crippen LogP) is 2.32. The van der Waals surface area contributed by atoms with Gasteiger partial charge in [-0.25, -0.2) is 0 Å². The summed E-state index contributed by atoms with van der Waals surface area (Å²) in [4.78, 5) is 10.5. The fraction of sp³-hybridized carbons (Fsp3) is 0.800. The summed E-state index contributed by atoms with van der Waals surface area (Å²) < 4.78 is 0. The Hall–Kier alpha value is 0.440. The maximum Gasteiger partial charge on any atom is 0.221 e. The lowest BCUT2D eigenvalue weighted by molar-refractivity contribution is -0.111. The normalized spacial score (nSPS) is 13.4. The third kappa shape index (κ3) is 6.44. The van der Waals surface area contributed by atoms with E-state index < -0.39 is 0 Å². The van der Waals surface area contributed by atoms with Crippen LogP contribution in [0.2, 0.25) is 0 Å². The smallest absolute Gasteiger partial charge is 0.221 e. The molecule has 0 N–H and O–H groups in total. The fourth-order valence-corrected chi connectivity index (χ4v) is 0.650. The Morgan fingerprint density at radius 2 is 2.38 bits per heavy atom. The third-order valence-corrected chi connectivity index (χ3v) is 1.39. The first-order valence-corrected chi connectivity index (χ1v) is 3.74. The third-order valence-electron chi connectivity index (χ3n) is 0.739. The van der Waals surface area contributed by atoms with Gasteiger partial charge >= 0.3 is 0 Å². The molecule has 0 aliphatic carbocycles. The van der Waals surface area contributed by atoms with Crippen LogP contribution in [-0.2, 0) is 4.79 Å². The standard InChI is InChI=1S/C5H8BrClO/c1-4(6)2-3-5(7)8/h4H,2-3H2,1H3. The molecule has 1 atom stereocenters. The number of halogens is 2. The molecule has 48 valence electrons. The van der Waals surface area contributed by atoms with Gasteiger partial charge in [-0.3, -0.25) is 4.79 Å². The molecule has 0 saturated carbocycles. The van der Waals surface area contributed by atoms with Gasteiger partial charge in [0.15, 0.2) is 0 Å². The summed E-state index contributed by atoms with van der Waals surface area (Å²) in [5.41, 5.74) is 0. The zero-order chi connectivity index (χ0) is 6.57. The van der Waals surface area contributed by atoms with Crippen LogP contribution in [0, 0.1) is 0 Å². The molecule has 1 unspecified atom stereocenters. The fourth-order valence-electron chi connectivity index (χ4n) is 0.312. The van der Waals surface area contributed by atoms with Gasteiger partial charge in [-0.2, -0.15) is 0 Å². The first kappa shape index (κ1) is 8.44.